The van der Waals surface area contributed by atoms with Crippen LogP contribution in [0.2, 0.25) is 0 Å². The lowest BCUT2D eigenvalue weighted by molar-refractivity contribution is 0.0992. The smallest absolute Gasteiger partial charge is 0.291 e. The highest BCUT2D eigenvalue weighted by Crippen LogP contribution is 2.25. The molecule has 0 aliphatic heterocycles. The van der Waals surface area contributed by atoms with Crippen LogP contribution < -0.4 is 10.2 Å². The molecule has 1 amide bonds. The molecule has 1 aromatic heterocycles. The maximum atomic E-state index is 12.2. The minimum atomic E-state index is -0.234. The van der Waals surface area contributed by atoms with E-state index in [1.165, 1.54) is 11.8 Å². The van der Waals surface area contributed by atoms with Crippen LogP contribution in [0, 0.1) is 0 Å². The standard InChI is InChI=1S/C15H18N2O2S/c1-4-17(2)12-8-6-5-7-11(12)16-15(18)13-9-10-14(19-13)20-3/h5-10H,4H2,1-3H3,(H,16,18). The van der Waals surface area contributed by atoms with Crippen molar-refractivity contribution in [2.75, 3.05) is 30.1 Å². The van der Waals surface area contributed by atoms with Crippen LogP contribution in [-0.2, 0) is 0 Å². The molecule has 0 aliphatic carbocycles. The van der Waals surface area contributed by atoms with Gasteiger partial charge in [-0.3, -0.25) is 4.79 Å². The number of rotatable bonds is 5. The van der Waals surface area contributed by atoms with Gasteiger partial charge in [0, 0.05) is 13.6 Å². The second-order valence-corrected chi connectivity index (χ2v) is 5.12. The molecule has 0 atom stereocenters. The first kappa shape index (κ1) is 14.5. The lowest BCUT2D eigenvalue weighted by Gasteiger charge is -2.20. The number of nitrogens with zero attached hydrogens (tertiary/aromatic N) is 1. The molecule has 0 fully saturated rings. The number of amides is 1. The third kappa shape index (κ3) is 3.17. The number of anilines is 2. The second-order valence-electron chi connectivity index (χ2n) is 4.31. The molecule has 1 N–H and O–H groups in total. The van der Waals surface area contributed by atoms with Crippen LogP contribution in [0.15, 0.2) is 45.9 Å². The van der Waals surface area contributed by atoms with Crippen LogP contribution in [0.3, 0.4) is 0 Å². The number of furan rings is 1. The summed E-state index contributed by atoms with van der Waals surface area (Å²) in [5.74, 6) is 0.0885. The van der Waals surface area contributed by atoms with E-state index in [1.54, 1.807) is 12.1 Å². The topological polar surface area (TPSA) is 45.5 Å². The van der Waals surface area contributed by atoms with E-state index in [9.17, 15) is 4.79 Å². The zero-order chi connectivity index (χ0) is 14.5. The number of benzene rings is 1. The molecule has 5 heteroatoms. The Hall–Kier alpha value is -1.88. The number of thioether (sulfide) groups is 1. The van der Waals surface area contributed by atoms with E-state index in [2.05, 4.69) is 17.1 Å². The fourth-order valence-corrected chi connectivity index (χ4v) is 2.20. The van der Waals surface area contributed by atoms with Crippen molar-refractivity contribution in [3.63, 3.8) is 0 Å². The highest BCUT2D eigenvalue weighted by Gasteiger charge is 2.14. The lowest BCUT2D eigenvalue weighted by Crippen LogP contribution is -2.19. The summed E-state index contributed by atoms with van der Waals surface area (Å²) >= 11 is 1.47. The number of carbonyl (C=O) groups excluding carboxylic acids is 1. The van der Waals surface area contributed by atoms with Crippen LogP contribution >= 0.6 is 11.8 Å². The Kier molecular flexibility index (Phi) is 4.74. The first-order valence-corrected chi connectivity index (χ1v) is 7.63. The summed E-state index contributed by atoms with van der Waals surface area (Å²) in [4.78, 5) is 14.2. The fraction of sp³-hybridized carbons (Fsp3) is 0.267. The Morgan fingerprint density at radius 3 is 2.70 bits per heavy atom. The van der Waals surface area contributed by atoms with E-state index in [4.69, 9.17) is 4.42 Å². The van der Waals surface area contributed by atoms with Crippen molar-refractivity contribution in [1.82, 2.24) is 0 Å². The molecule has 20 heavy (non-hydrogen) atoms. The van der Waals surface area contributed by atoms with Gasteiger partial charge in [-0.1, -0.05) is 23.9 Å². The summed E-state index contributed by atoms with van der Waals surface area (Å²) in [5, 5.41) is 3.63. The Morgan fingerprint density at radius 2 is 2.05 bits per heavy atom. The van der Waals surface area contributed by atoms with Crippen molar-refractivity contribution < 1.29 is 9.21 Å². The average Bonchev–Trinajstić information content (AvgIpc) is 2.96. The molecular weight excluding hydrogens is 272 g/mol. The largest absolute Gasteiger partial charge is 0.445 e. The third-order valence-electron chi connectivity index (χ3n) is 3.04. The molecule has 2 aromatic rings. The summed E-state index contributed by atoms with van der Waals surface area (Å²) in [6.45, 7) is 2.93. The lowest BCUT2D eigenvalue weighted by atomic mass is 10.2. The number of nitrogens with one attached hydrogen (secondary N) is 1. The Morgan fingerprint density at radius 1 is 1.30 bits per heavy atom. The molecular formula is C15H18N2O2S. The minimum absolute atomic E-state index is 0.234. The summed E-state index contributed by atoms with van der Waals surface area (Å²) < 4.78 is 5.43. The number of hydrogen-bond donors (Lipinski definition) is 1. The number of carbonyl (C=O) groups is 1. The predicted octanol–water partition coefficient (Wildman–Crippen LogP) is 3.71. The Labute approximate surface area is 123 Å². The van der Waals surface area contributed by atoms with Gasteiger partial charge in [0.2, 0.25) is 0 Å². The molecule has 0 bridgehead atoms. The average molecular weight is 290 g/mol. The van der Waals surface area contributed by atoms with Crippen molar-refractivity contribution in [3.05, 3.63) is 42.2 Å². The normalized spacial score (nSPS) is 10.3. The SMILES string of the molecule is CCN(C)c1ccccc1NC(=O)c1ccc(SC)o1. The highest BCUT2D eigenvalue weighted by molar-refractivity contribution is 7.98. The number of para-hydroxylation sites is 2. The maximum Gasteiger partial charge on any atom is 0.291 e. The van der Waals surface area contributed by atoms with Gasteiger partial charge in [0.05, 0.1) is 11.4 Å². The molecule has 106 valence electrons. The van der Waals surface area contributed by atoms with Crippen molar-refractivity contribution >= 4 is 29.0 Å². The van der Waals surface area contributed by atoms with Gasteiger partial charge in [-0.2, -0.15) is 0 Å². The Bertz CT molecular complexity index is 595. The quantitative estimate of drug-likeness (QED) is 0.853. The molecule has 0 unspecified atom stereocenters. The molecule has 2 rings (SSSR count). The Balaban J connectivity index is 2.19. The van der Waals surface area contributed by atoms with Gasteiger partial charge < -0.3 is 14.6 Å². The maximum absolute atomic E-state index is 12.2. The molecule has 1 heterocycles. The van der Waals surface area contributed by atoms with E-state index < -0.39 is 0 Å². The molecule has 0 saturated carbocycles. The monoisotopic (exact) mass is 290 g/mol. The summed E-state index contributed by atoms with van der Waals surface area (Å²) in [5.41, 5.74) is 1.77. The highest BCUT2D eigenvalue weighted by atomic mass is 32.2. The van der Waals surface area contributed by atoms with Crippen molar-refractivity contribution in [2.45, 2.75) is 12.0 Å². The van der Waals surface area contributed by atoms with Gasteiger partial charge >= 0.3 is 0 Å². The van der Waals surface area contributed by atoms with Crippen LogP contribution in [-0.4, -0.2) is 25.8 Å². The van der Waals surface area contributed by atoms with Gasteiger partial charge in [0.1, 0.15) is 0 Å². The van der Waals surface area contributed by atoms with E-state index in [1.807, 2.05) is 37.6 Å². The van der Waals surface area contributed by atoms with Gasteiger partial charge in [-0.15, -0.1) is 0 Å². The molecule has 4 nitrogen and oxygen atoms in total. The van der Waals surface area contributed by atoms with Gasteiger partial charge in [-0.05, 0) is 37.4 Å². The first-order valence-electron chi connectivity index (χ1n) is 6.41. The van der Waals surface area contributed by atoms with Crippen molar-refractivity contribution in [1.29, 1.82) is 0 Å². The van der Waals surface area contributed by atoms with E-state index in [-0.39, 0.29) is 5.91 Å². The van der Waals surface area contributed by atoms with Gasteiger partial charge in [0.25, 0.3) is 5.91 Å². The molecule has 0 saturated heterocycles. The molecule has 0 radical (unpaired) electrons. The van der Waals surface area contributed by atoms with Crippen molar-refractivity contribution in [3.8, 4) is 0 Å². The van der Waals surface area contributed by atoms with Gasteiger partial charge in [0.15, 0.2) is 10.9 Å². The third-order valence-corrected chi connectivity index (χ3v) is 3.67. The summed E-state index contributed by atoms with van der Waals surface area (Å²) in [7, 11) is 1.99. The van der Waals surface area contributed by atoms with E-state index >= 15 is 0 Å². The van der Waals surface area contributed by atoms with Crippen LogP contribution in [0.4, 0.5) is 11.4 Å². The summed E-state index contributed by atoms with van der Waals surface area (Å²) in [6.07, 6.45) is 1.91. The molecule has 0 aliphatic rings. The zero-order valence-corrected chi connectivity index (χ0v) is 12.7. The second kappa shape index (κ2) is 6.52. The molecule has 0 spiro atoms. The summed E-state index contributed by atoms with van der Waals surface area (Å²) in [6, 6.07) is 11.2. The minimum Gasteiger partial charge on any atom is -0.445 e. The fourth-order valence-electron chi connectivity index (χ4n) is 1.82. The first-order chi connectivity index (χ1) is 9.65. The van der Waals surface area contributed by atoms with Crippen LogP contribution in [0.1, 0.15) is 17.5 Å². The van der Waals surface area contributed by atoms with E-state index in [0.29, 0.717) is 5.76 Å². The number of hydrogen-bond acceptors (Lipinski definition) is 4. The van der Waals surface area contributed by atoms with Crippen molar-refractivity contribution in [2.24, 2.45) is 0 Å². The zero-order valence-electron chi connectivity index (χ0n) is 11.8. The van der Waals surface area contributed by atoms with E-state index in [0.717, 1.165) is 23.0 Å². The van der Waals surface area contributed by atoms with Gasteiger partial charge in [-0.25, -0.2) is 0 Å². The van der Waals surface area contributed by atoms with Crippen LogP contribution in [0.25, 0.3) is 0 Å². The molecule has 1 aromatic carbocycles. The predicted molar refractivity (Wildman–Crippen MR) is 83.8 cm³/mol. The van der Waals surface area contributed by atoms with Crippen LogP contribution in [0.5, 0.6) is 0 Å².